The fraction of sp³-hybridized carbons (Fsp3) is 0.538. The minimum absolute atomic E-state index is 0.347. The monoisotopic (exact) mass is 302 g/mol. The van der Waals surface area contributed by atoms with Crippen LogP contribution in [0.1, 0.15) is 24.8 Å². The van der Waals surface area contributed by atoms with E-state index in [2.05, 4.69) is 0 Å². The summed E-state index contributed by atoms with van der Waals surface area (Å²) in [4.78, 5) is 0. The molecular formula is C13H19ClN2O2S. The fourth-order valence-corrected chi connectivity index (χ4v) is 3.91. The zero-order chi connectivity index (χ0) is 13.9. The third-order valence-electron chi connectivity index (χ3n) is 3.33. The molecule has 0 amide bonds. The highest BCUT2D eigenvalue weighted by atomic mass is 35.5. The lowest BCUT2D eigenvalue weighted by Crippen LogP contribution is -2.43. The molecular weight excluding hydrogens is 284 g/mol. The van der Waals surface area contributed by atoms with Crippen molar-refractivity contribution in [2.24, 2.45) is 0 Å². The van der Waals surface area contributed by atoms with Gasteiger partial charge >= 0.3 is 0 Å². The standard InChI is InChI=1S/C13H19ClN2O2S/c1-15(11-12-6-5-7-13(14)10-12)19(17,18)16-8-3-2-4-9-16/h5-7,10H,2-4,8-9,11H2,1H3. The summed E-state index contributed by atoms with van der Waals surface area (Å²) in [5, 5.41) is 0.626. The van der Waals surface area contributed by atoms with Crippen molar-refractivity contribution in [2.75, 3.05) is 20.1 Å². The molecule has 4 nitrogen and oxygen atoms in total. The van der Waals surface area contributed by atoms with Crippen LogP contribution < -0.4 is 0 Å². The van der Waals surface area contributed by atoms with Crippen LogP contribution in [0.15, 0.2) is 24.3 Å². The molecule has 0 spiro atoms. The molecule has 0 aromatic heterocycles. The van der Waals surface area contributed by atoms with E-state index in [-0.39, 0.29) is 0 Å². The molecule has 1 saturated heterocycles. The average Bonchev–Trinajstić information content (AvgIpc) is 2.39. The minimum atomic E-state index is -3.35. The van der Waals surface area contributed by atoms with Gasteiger partial charge in [0.15, 0.2) is 0 Å². The number of halogens is 1. The van der Waals surface area contributed by atoms with Crippen LogP contribution in [0.2, 0.25) is 5.02 Å². The Kier molecular flexibility index (Phi) is 4.84. The molecule has 106 valence electrons. The smallest absolute Gasteiger partial charge is 0.195 e. The first-order chi connectivity index (χ1) is 9.00. The van der Waals surface area contributed by atoms with E-state index < -0.39 is 10.2 Å². The Hall–Kier alpha value is -0.620. The minimum Gasteiger partial charge on any atom is -0.195 e. The van der Waals surface area contributed by atoms with Crippen molar-refractivity contribution in [3.63, 3.8) is 0 Å². The fourth-order valence-electron chi connectivity index (χ4n) is 2.27. The highest BCUT2D eigenvalue weighted by Crippen LogP contribution is 2.18. The van der Waals surface area contributed by atoms with E-state index in [9.17, 15) is 8.42 Å². The SMILES string of the molecule is CN(Cc1cccc(Cl)c1)S(=O)(=O)N1CCCCC1. The molecule has 0 unspecified atom stereocenters. The summed E-state index contributed by atoms with van der Waals surface area (Å²) in [5.74, 6) is 0. The molecule has 1 fully saturated rings. The maximum atomic E-state index is 12.4. The topological polar surface area (TPSA) is 40.6 Å². The van der Waals surface area contributed by atoms with E-state index in [4.69, 9.17) is 11.6 Å². The highest BCUT2D eigenvalue weighted by Gasteiger charge is 2.27. The number of piperidine rings is 1. The van der Waals surface area contributed by atoms with Crippen LogP contribution in [0.5, 0.6) is 0 Å². The molecule has 0 bridgehead atoms. The molecule has 0 aliphatic carbocycles. The largest absolute Gasteiger partial charge is 0.282 e. The van der Waals surface area contributed by atoms with Crippen molar-refractivity contribution in [3.05, 3.63) is 34.9 Å². The number of nitrogens with zero attached hydrogens (tertiary/aromatic N) is 2. The zero-order valence-electron chi connectivity index (χ0n) is 11.0. The maximum Gasteiger partial charge on any atom is 0.282 e. The summed E-state index contributed by atoms with van der Waals surface area (Å²) in [6, 6.07) is 7.29. The lowest BCUT2D eigenvalue weighted by atomic mass is 10.2. The van der Waals surface area contributed by atoms with Crippen LogP contribution in [0.25, 0.3) is 0 Å². The molecule has 1 aliphatic heterocycles. The Morgan fingerprint density at radius 1 is 1.26 bits per heavy atom. The number of hydrogen-bond acceptors (Lipinski definition) is 2. The summed E-state index contributed by atoms with van der Waals surface area (Å²) in [6.45, 7) is 1.60. The van der Waals surface area contributed by atoms with Gasteiger partial charge in [0.25, 0.3) is 10.2 Å². The van der Waals surface area contributed by atoms with Crippen molar-refractivity contribution in [1.29, 1.82) is 0 Å². The lowest BCUT2D eigenvalue weighted by molar-refractivity contribution is 0.314. The summed E-state index contributed by atoms with van der Waals surface area (Å²) >= 11 is 5.91. The van der Waals surface area contributed by atoms with Gasteiger partial charge in [-0.25, -0.2) is 0 Å². The van der Waals surface area contributed by atoms with Crippen LogP contribution in [0, 0.1) is 0 Å². The van der Waals surface area contributed by atoms with Crippen molar-refractivity contribution in [2.45, 2.75) is 25.8 Å². The predicted octanol–water partition coefficient (Wildman–Crippen LogP) is 2.50. The zero-order valence-corrected chi connectivity index (χ0v) is 12.6. The molecule has 0 radical (unpaired) electrons. The third-order valence-corrected chi connectivity index (χ3v) is 5.50. The molecule has 2 rings (SSSR count). The molecule has 1 aromatic rings. The Labute approximate surface area is 120 Å². The second-order valence-electron chi connectivity index (χ2n) is 4.85. The first-order valence-corrected chi connectivity index (χ1v) is 8.23. The Morgan fingerprint density at radius 3 is 2.58 bits per heavy atom. The highest BCUT2D eigenvalue weighted by molar-refractivity contribution is 7.86. The Morgan fingerprint density at radius 2 is 1.95 bits per heavy atom. The van der Waals surface area contributed by atoms with Gasteiger partial charge in [0.05, 0.1) is 0 Å². The van der Waals surface area contributed by atoms with Crippen LogP contribution in [-0.4, -0.2) is 37.2 Å². The first kappa shape index (κ1) is 14.8. The summed E-state index contributed by atoms with van der Waals surface area (Å²) in [7, 11) is -1.73. The van der Waals surface area contributed by atoms with Gasteiger partial charge in [-0.3, -0.25) is 0 Å². The second-order valence-corrected chi connectivity index (χ2v) is 7.33. The maximum absolute atomic E-state index is 12.4. The predicted molar refractivity (Wildman–Crippen MR) is 77.3 cm³/mol. The molecule has 6 heteroatoms. The van der Waals surface area contributed by atoms with Crippen LogP contribution in [0.4, 0.5) is 0 Å². The number of hydrogen-bond donors (Lipinski definition) is 0. The quantitative estimate of drug-likeness (QED) is 0.857. The second kappa shape index (κ2) is 6.22. The van der Waals surface area contributed by atoms with Crippen LogP contribution in [-0.2, 0) is 16.8 Å². The normalized spacial score (nSPS) is 17.8. The summed E-state index contributed by atoms with van der Waals surface area (Å²) < 4.78 is 27.8. The van der Waals surface area contributed by atoms with Crippen LogP contribution >= 0.6 is 11.6 Å². The van der Waals surface area contributed by atoms with Crippen LogP contribution in [0.3, 0.4) is 0 Å². The van der Waals surface area contributed by atoms with E-state index >= 15 is 0 Å². The molecule has 1 heterocycles. The molecule has 0 N–H and O–H groups in total. The van der Waals surface area contributed by atoms with E-state index in [1.807, 2.05) is 12.1 Å². The van der Waals surface area contributed by atoms with Gasteiger partial charge in [-0.15, -0.1) is 0 Å². The van der Waals surface area contributed by atoms with Crippen molar-refractivity contribution >= 4 is 21.8 Å². The van der Waals surface area contributed by atoms with Gasteiger partial charge in [0, 0.05) is 31.7 Å². The van der Waals surface area contributed by atoms with Gasteiger partial charge in [-0.1, -0.05) is 30.2 Å². The van der Waals surface area contributed by atoms with E-state index in [0.29, 0.717) is 24.7 Å². The molecule has 0 saturated carbocycles. The van der Waals surface area contributed by atoms with E-state index in [1.54, 1.807) is 23.5 Å². The Bertz CT molecular complexity index is 527. The van der Waals surface area contributed by atoms with E-state index in [1.165, 1.54) is 4.31 Å². The molecule has 1 aliphatic rings. The van der Waals surface area contributed by atoms with Gasteiger partial charge in [0.2, 0.25) is 0 Å². The van der Waals surface area contributed by atoms with Crippen molar-refractivity contribution in [1.82, 2.24) is 8.61 Å². The van der Waals surface area contributed by atoms with Gasteiger partial charge in [0.1, 0.15) is 0 Å². The van der Waals surface area contributed by atoms with E-state index in [0.717, 1.165) is 24.8 Å². The van der Waals surface area contributed by atoms with Gasteiger partial charge in [-0.05, 0) is 30.5 Å². The number of benzene rings is 1. The number of rotatable bonds is 4. The van der Waals surface area contributed by atoms with Gasteiger partial charge in [-0.2, -0.15) is 17.0 Å². The molecule has 1 aromatic carbocycles. The van der Waals surface area contributed by atoms with Crippen molar-refractivity contribution in [3.8, 4) is 0 Å². The molecule has 19 heavy (non-hydrogen) atoms. The third kappa shape index (κ3) is 3.69. The first-order valence-electron chi connectivity index (χ1n) is 6.46. The molecule has 0 atom stereocenters. The average molecular weight is 303 g/mol. The van der Waals surface area contributed by atoms with Gasteiger partial charge < -0.3 is 0 Å². The lowest BCUT2D eigenvalue weighted by Gasteiger charge is -2.30. The summed E-state index contributed by atoms with van der Waals surface area (Å²) in [6.07, 6.45) is 3.01. The van der Waals surface area contributed by atoms with Crippen molar-refractivity contribution < 1.29 is 8.42 Å². The Balaban J connectivity index is 2.07. The summed E-state index contributed by atoms with van der Waals surface area (Å²) in [5.41, 5.74) is 0.899.